The number of fused-ring (bicyclic) bond motifs is 4. The Morgan fingerprint density at radius 1 is 0.742 bits per heavy atom. The lowest BCUT2D eigenvalue weighted by molar-refractivity contribution is 0.769. The second-order valence-electron chi connectivity index (χ2n) is 8.28. The molecule has 1 aliphatic rings. The third-order valence-corrected chi connectivity index (χ3v) is 6.52. The Kier molecular flexibility index (Phi) is 4.17. The zero-order valence-corrected chi connectivity index (χ0v) is 17.6. The van der Waals surface area contributed by atoms with Crippen LogP contribution in [0.3, 0.4) is 0 Å². The zero-order chi connectivity index (χ0) is 20.8. The quantitative estimate of drug-likeness (QED) is 0.313. The molecule has 1 atom stereocenters. The lowest BCUT2D eigenvalue weighted by atomic mass is 9.92. The lowest BCUT2D eigenvalue weighted by Crippen LogP contribution is -2.33. The predicted octanol–water partition coefficient (Wildman–Crippen LogP) is 7.11. The maximum Gasteiger partial charge on any atom is 0.0566 e. The van der Waals surface area contributed by atoms with Gasteiger partial charge < -0.3 is 9.47 Å². The summed E-state index contributed by atoms with van der Waals surface area (Å²) in [7, 11) is 2.16. The van der Waals surface area contributed by atoms with Gasteiger partial charge in [0.2, 0.25) is 0 Å². The van der Waals surface area contributed by atoms with Gasteiger partial charge in [-0.3, -0.25) is 0 Å². The minimum Gasteiger partial charge on any atom is -0.344 e. The molecule has 4 aromatic carbocycles. The standard InChI is InChI=1S/C29H24N2/c1-30-26-15-8-7-14-25(26)29-27(30)16-9-17-28(29)31(23-12-3-2-4-13-23)24-19-18-21-10-5-6-11-22(21)20-24/h2-19,24H,20H2,1H3. The molecule has 5 aromatic rings. The molecule has 150 valence electrons. The Labute approximate surface area is 182 Å². The highest BCUT2D eigenvalue weighted by Crippen LogP contribution is 2.40. The summed E-state index contributed by atoms with van der Waals surface area (Å²) in [5, 5.41) is 2.62. The molecule has 1 unspecified atom stereocenters. The SMILES string of the molecule is Cn1c2ccccc2c2c(N(c3ccccc3)C3C=Cc4ccccc4C3)cccc21. The van der Waals surface area contributed by atoms with Crippen molar-refractivity contribution < 1.29 is 0 Å². The van der Waals surface area contributed by atoms with E-state index in [0.29, 0.717) is 0 Å². The highest BCUT2D eigenvalue weighted by Gasteiger charge is 2.25. The van der Waals surface area contributed by atoms with Gasteiger partial charge in [-0.2, -0.15) is 0 Å². The first-order valence-corrected chi connectivity index (χ1v) is 10.9. The van der Waals surface area contributed by atoms with Crippen LogP contribution in [0.5, 0.6) is 0 Å². The van der Waals surface area contributed by atoms with Crippen LogP contribution in [-0.4, -0.2) is 10.6 Å². The van der Waals surface area contributed by atoms with E-state index in [0.717, 1.165) is 6.42 Å². The van der Waals surface area contributed by atoms with Crippen LogP contribution in [0.2, 0.25) is 0 Å². The van der Waals surface area contributed by atoms with Crippen LogP contribution in [0, 0.1) is 0 Å². The molecule has 31 heavy (non-hydrogen) atoms. The van der Waals surface area contributed by atoms with E-state index in [1.807, 2.05) is 0 Å². The average molecular weight is 401 g/mol. The molecule has 1 aromatic heterocycles. The van der Waals surface area contributed by atoms with Crippen molar-refractivity contribution in [1.82, 2.24) is 4.57 Å². The van der Waals surface area contributed by atoms with Crippen molar-refractivity contribution in [3.05, 3.63) is 114 Å². The van der Waals surface area contributed by atoms with Crippen molar-refractivity contribution in [2.75, 3.05) is 4.90 Å². The summed E-state index contributed by atoms with van der Waals surface area (Å²) < 4.78 is 2.31. The van der Waals surface area contributed by atoms with E-state index in [2.05, 4.69) is 126 Å². The normalized spacial score (nSPS) is 15.3. The first kappa shape index (κ1) is 18.0. The monoisotopic (exact) mass is 400 g/mol. The molecule has 0 aliphatic heterocycles. The summed E-state index contributed by atoms with van der Waals surface area (Å²) in [6.07, 6.45) is 5.63. The van der Waals surface area contributed by atoms with Gasteiger partial charge in [0, 0.05) is 29.0 Å². The van der Waals surface area contributed by atoms with Crippen molar-refractivity contribution >= 4 is 39.3 Å². The summed E-state index contributed by atoms with van der Waals surface area (Å²) in [5.41, 5.74) is 7.74. The number of anilines is 2. The molecule has 0 fully saturated rings. The van der Waals surface area contributed by atoms with Gasteiger partial charge in [-0.1, -0.05) is 78.9 Å². The second-order valence-corrected chi connectivity index (χ2v) is 8.28. The number of hydrogen-bond donors (Lipinski definition) is 0. The fourth-order valence-corrected chi connectivity index (χ4v) is 5.06. The van der Waals surface area contributed by atoms with E-state index in [-0.39, 0.29) is 6.04 Å². The molecule has 0 saturated carbocycles. The predicted molar refractivity (Wildman–Crippen MR) is 132 cm³/mol. The van der Waals surface area contributed by atoms with Crippen molar-refractivity contribution in [2.24, 2.45) is 7.05 Å². The van der Waals surface area contributed by atoms with Gasteiger partial charge >= 0.3 is 0 Å². The molecule has 2 nitrogen and oxygen atoms in total. The third-order valence-electron chi connectivity index (χ3n) is 6.52. The van der Waals surface area contributed by atoms with Crippen LogP contribution in [0.25, 0.3) is 27.9 Å². The highest BCUT2D eigenvalue weighted by atomic mass is 15.2. The average Bonchev–Trinajstić information content (AvgIpc) is 3.13. The molecule has 0 saturated heterocycles. The zero-order valence-electron chi connectivity index (χ0n) is 17.6. The summed E-state index contributed by atoms with van der Waals surface area (Å²) in [5.74, 6) is 0. The number of para-hydroxylation sites is 2. The molecule has 0 radical (unpaired) electrons. The van der Waals surface area contributed by atoms with E-state index >= 15 is 0 Å². The van der Waals surface area contributed by atoms with Gasteiger partial charge in [-0.25, -0.2) is 0 Å². The first-order valence-electron chi connectivity index (χ1n) is 10.9. The molecular formula is C29H24N2. The van der Waals surface area contributed by atoms with E-state index in [1.54, 1.807) is 0 Å². The molecule has 0 amide bonds. The smallest absolute Gasteiger partial charge is 0.0566 e. The van der Waals surface area contributed by atoms with Crippen LogP contribution in [0.15, 0.2) is 103 Å². The van der Waals surface area contributed by atoms with Crippen molar-refractivity contribution in [3.8, 4) is 0 Å². The van der Waals surface area contributed by atoms with Gasteiger partial charge in [0.05, 0.1) is 17.2 Å². The van der Waals surface area contributed by atoms with Crippen molar-refractivity contribution in [3.63, 3.8) is 0 Å². The number of nitrogens with zero attached hydrogens (tertiary/aromatic N) is 2. The van der Waals surface area contributed by atoms with Crippen LogP contribution in [-0.2, 0) is 13.5 Å². The molecule has 6 rings (SSSR count). The topological polar surface area (TPSA) is 8.17 Å². The third kappa shape index (κ3) is 2.87. The number of hydrogen-bond acceptors (Lipinski definition) is 1. The lowest BCUT2D eigenvalue weighted by Gasteiger charge is -2.35. The van der Waals surface area contributed by atoms with E-state index in [4.69, 9.17) is 0 Å². The number of rotatable bonds is 3. The number of benzene rings is 4. The minimum atomic E-state index is 0.252. The Morgan fingerprint density at radius 2 is 1.48 bits per heavy atom. The van der Waals surface area contributed by atoms with Gasteiger partial charge in [0.25, 0.3) is 0 Å². The fourth-order valence-electron chi connectivity index (χ4n) is 5.06. The number of aromatic nitrogens is 1. The van der Waals surface area contributed by atoms with Crippen molar-refractivity contribution in [2.45, 2.75) is 12.5 Å². The Bertz CT molecular complexity index is 1430. The van der Waals surface area contributed by atoms with Crippen LogP contribution in [0.1, 0.15) is 11.1 Å². The van der Waals surface area contributed by atoms with Crippen LogP contribution < -0.4 is 4.90 Å². The van der Waals surface area contributed by atoms with E-state index < -0.39 is 0 Å². The maximum absolute atomic E-state index is 2.52. The molecule has 0 bridgehead atoms. The van der Waals surface area contributed by atoms with Gasteiger partial charge in [-0.15, -0.1) is 0 Å². The minimum absolute atomic E-state index is 0.252. The molecule has 0 N–H and O–H groups in total. The van der Waals surface area contributed by atoms with Crippen molar-refractivity contribution in [1.29, 1.82) is 0 Å². The van der Waals surface area contributed by atoms with Gasteiger partial charge in [0.1, 0.15) is 0 Å². The Hall–Kier alpha value is -3.78. The molecule has 2 heteroatoms. The highest BCUT2D eigenvalue weighted by molar-refractivity contribution is 6.14. The summed E-state index contributed by atoms with van der Waals surface area (Å²) in [4.78, 5) is 2.52. The van der Waals surface area contributed by atoms with Crippen LogP contribution in [0.4, 0.5) is 11.4 Å². The van der Waals surface area contributed by atoms with Gasteiger partial charge in [0.15, 0.2) is 0 Å². The summed E-state index contributed by atoms with van der Waals surface area (Å²) >= 11 is 0. The summed E-state index contributed by atoms with van der Waals surface area (Å²) in [6, 6.07) is 35.2. The van der Waals surface area contributed by atoms with Crippen LogP contribution >= 0.6 is 0 Å². The molecular weight excluding hydrogens is 376 g/mol. The number of aryl methyl sites for hydroxylation is 1. The van der Waals surface area contributed by atoms with Gasteiger partial charge in [-0.05, 0) is 47.9 Å². The molecule has 0 spiro atoms. The summed E-state index contributed by atoms with van der Waals surface area (Å²) in [6.45, 7) is 0. The molecule has 1 aliphatic carbocycles. The first-order chi connectivity index (χ1) is 15.3. The fraction of sp³-hybridized carbons (Fsp3) is 0.103. The second kappa shape index (κ2) is 7.17. The maximum atomic E-state index is 2.52. The Morgan fingerprint density at radius 3 is 2.39 bits per heavy atom. The molecule has 1 heterocycles. The van der Waals surface area contributed by atoms with E-state index in [1.165, 1.54) is 44.3 Å². The van der Waals surface area contributed by atoms with E-state index in [9.17, 15) is 0 Å². The largest absolute Gasteiger partial charge is 0.344 e. The Balaban J connectivity index is 1.60.